The third kappa shape index (κ3) is 5.16. The first-order valence-corrected chi connectivity index (χ1v) is 11.1. The summed E-state index contributed by atoms with van der Waals surface area (Å²) in [6, 6.07) is 16.3. The second-order valence-electron chi connectivity index (χ2n) is 7.97. The van der Waals surface area contributed by atoms with Gasteiger partial charge in [-0.25, -0.2) is 4.98 Å². The highest BCUT2D eigenvalue weighted by molar-refractivity contribution is 5.84. The number of ether oxygens (including phenoxy) is 1. The Kier molecular flexibility index (Phi) is 7.50. The van der Waals surface area contributed by atoms with Gasteiger partial charge in [0.25, 0.3) is 0 Å². The normalized spacial score (nSPS) is 13.5. The topological polar surface area (TPSA) is 47.4 Å². The fourth-order valence-electron chi connectivity index (χ4n) is 3.81. The average Bonchev–Trinajstić information content (AvgIpc) is 3.15. The number of amides is 1. The van der Waals surface area contributed by atoms with Crippen LogP contribution in [0.3, 0.4) is 0 Å². The Morgan fingerprint density at radius 2 is 1.68 bits per heavy atom. The van der Waals surface area contributed by atoms with Gasteiger partial charge in [0, 0.05) is 12.1 Å². The third-order valence-corrected chi connectivity index (χ3v) is 5.94. The summed E-state index contributed by atoms with van der Waals surface area (Å²) in [5.41, 5.74) is 2.91. The van der Waals surface area contributed by atoms with Gasteiger partial charge in [0.2, 0.25) is 5.91 Å². The minimum Gasteiger partial charge on any atom is -0.497 e. The minimum atomic E-state index is 0.131. The molecule has 3 aromatic rings. The van der Waals surface area contributed by atoms with E-state index in [2.05, 4.69) is 27.7 Å². The summed E-state index contributed by atoms with van der Waals surface area (Å²) in [6.45, 7) is 8.78. The first-order valence-electron chi connectivity index (χ1n) is 11.1. The van der Waals surface area contributed by atoms with Gasteiger partial charge in [-0.1, -0.05) is 44.2 Å². The lowest BCUT2D eigenvalue weighted by Crippen LogP contribution is -2.45. The summed E-state index contributed by atoms with van der Waals surface area (Å²) >= 11 is 0. The summed E-state index contributed by atoms with van der Waals surface area (Å²) < 4.78 is 7.25. The van der Waals surface area contributed by atoms with E-state index < -0.39 is 0 Å². The van der Waals surface area contributed by atoms with E-state index in [1.165, 1.54) is 0 Å². The van der Waals surface area contributed by atoms with Crippen LogP contribution in [0.4, 0.5) is 0 Å². The molecule has 2 atom stereocenters. The molecule has 0 saturated heterocycles. The number of carbonyl (C=O) groups excluding carboxylic acids is 1. The molecule has 1 aromatic heterocycles. The lowest BCUT2D eigenvalue weighted by atomic mass is 10.1. The number of benzene rings is 2. The van der Waals surface area contributed by atoms with Gasteiger partial charge in [-0.2, -0.15) is 0 Å². The van der Waals surface area contributed by atoms with Crippen molar-refractivity contribution < 1.29 is 9.53 Å². The molecule has 0 aliphatic heterocycles. The van der Waals surface area contributed by atoms with Crippen molar-refractivity contribution in [2.24, 2.45) is 0 Å². The number of carbonyl (C=O) groups is 1. The number of imidazole rings is 1. The van der Waals surface area contributed by atoms with Crippen LogP contribution in [-0.2, 0) is 11.3 Å². The molecule has 2 unspecified atom stereocenters. The molecular formula is C26H33N3O2. The third-order valence-electron chi connectivity index (χ3n) is 5.94. The monoisotopic (exact) mass is 419 g/mol. The van der Waals surface area contributed by atoms with Gasteiger partial charge in [-0.05, 0) is 62.6 Å². The van der Waals surface area contributed by atoms with Gasteiger partial charge < -0.3 is 14.2 Å². The fraction of sp³-hybridized carbons (Fsp3) is 0.385. The van der Waals surface area contributed by atoms with Crippen LogP contribution in [-0.4, -0.2) is 39.6 Å². The van der Waals surface area contributed by atoms with Crippen molar-refractivity contribution in [3.05, 3.63) is 59.9 Å². The maximum absolute atomic E-state index is 13.4. The smallest absolute Gasteiger partial charge is 0.243 e. The van der Waals surface area contributed by atoms with E-state index >= 15 is 0 Å². The Bertz CT molecular complexity index is 1030. The van der Waals surface area contributed by atoms with E-state index in [1.54, 1.807) is 7.11 Å². The molecule has 0 spiro atoms. The van der Waals surface area contributed by atoms with Gasteiger partial charge in [0.1, 0.15) is 18.1 Å². The fourth-order valence-corrected chi connectivity index (χ4v) is 3.81. The molecule has 0 aliphatic carbocycles. The molecule has 3 rings (SSSR count). The number of para-hydroxylation sites is 2. The largest absolute Gasteiger partial charge is 0.497 e. The molecule has 0 fully saturated rings. The van der Waals surface area contributed by atoms with Crippen molar-refractivity contribution in [2.45, 2.75) is 59.2 Å². The highest BCUT2D eigenvalue weighted by atomic mass is 16.5. The van der Waals surface area contributed by atoms with Crippen molar-refractivity contribution in [1.29, 1.82) is 0 Å². The SMILES string of the molecule is CCC(C)N(C(=O)Cn1c(/C=C/c2ccc(OC)cc2)nc2ccccc21)C(C)CC. The zero-order chi connectivity index (χ0) is 22.4. The summed E-state index contributed by atoms with van der Waals surface area (Å²) in [6.07, 6.45) is 5.87. The molecule has 0 bridgehead atoms. The molecule has 5 heteroatoms. The van der Waals surface area contributed by atoms with Gasteiger partial charge in [-0.15, -0.1) is 0 Å². The number of nitrogens with zero attached hydrogens (tertiary/aromatic N) is 3. The average molecular weight is 420 g/mol. The molecule has 0 N–H and O–H groups in total. The standard InChI is InChI=1S/C26H33N3O2/c1-6-19(3)29(20(4)7-2)26(30)18-28-24-11-9-8-10-23(24)27-25(28)17-14-21-12-15-22(31-5)16-13-21/h8-17,19-20H,6-7,18H2,1-5H3/b17-14+. The zero-order valence-electron chi connectivity index (χ0n) is 19.2. The van der Waals surface area contributed by atoms with Crippen molar-refractivity contribution in [1.82, 2.24) is 14.5 Å². The van der Waals surface area contributed by atoms with E-state index in [1.807, 2.05) is 70.1 Å². The number of aromatic nitrogens is 2. The Morgan fingerprint density at radius 1 is 1.03 bits per heavy atom. The lowest BCUT2D eigenvalue weighted by Gasteiger charge is -2.34. The summed E-state index contributed by atoms with van der Waals surface area (Å²) in [4.78, 5) is 20.2. The van der Waals surface area contributed by atoms with Gasteiger partial charge in [0.05, 0.1) is 18.1 Å². The predicted octanol–water partition coefficient (Wildman–Crippen LogP) is 5.64. The van der Waals surface area contributed by atoms with E-state index in [0.717, 1.165) is 41.0 Å². The second kappa shape index (κ2) is 10.3. The van der Waals surface area contributed by atoms with Gasteiger partial charge in [-0.3, -0.25) is 4.79 Å². The Balaban J connectivity index is 1.95. The van der Waals surface area contributed by atoms with Crippen LogP contribution in [0.2, 0.25) is 0 Å². The van der Waals surface area contributed by atoms with Crippen LogP contribution in [0.25, 0.3) is 23.2 Å². The number of hydrogen-bond donors (Lipinski definition) is 0. The van der Waals surface area contributed by atoms with Gasteiger partial charge >= 0.3 is 0 Å². The van der Waals surface area contributed by atoms with Crippen molar-refractivity contribution in [2.75, 3.05) is 7.11 Å². The molecule has 31 heavy (non-hydrogen) atoms. The summed E-state index contributed by atoms with van der Waals surface area (Å²) in [5.74, 6) is 1.73. The van der Waals surface area contributed by atoms with Crippen LogP contribution in [0.1, 0.15) is 51.9 Å². The molecule has 0 radical (unpaired) electrons. The molecule has 1 heterocycles. The number of hydrogen-bond acceptors (Lipinski definition) is 3. The Morgan fingerprint density at radius 3 is 2.29 bits per heavy atom. The Labute approximate surface area is 185 Å². The molecule has 1 amide bonds. The number of methoxy groups -OCH3 is 1. The zero-order valence-corrected chi connectivity index (χ0v) is 19.2. The van der Waals surface area contributed by atoms with E-state index in [-0.39, 0.29) is 24.5 Å². The van der Waals surface area contributed by atoms with Crippen LogP contribution in [0.5, 0.6) is 5.75 Å². The maximum Gasteiger partial charge on any atom is 0.243 e. The van der Waals surface area contributed by atoms with Crippen LogP contribution in [0.15, 0.2) is 48.5 Å². The maximum atomic E-state index is 13.4. The van der Waals surface area contributed by atoms with Crippen molar-refractivity contribution in [3.63, 3.8) is 0 Å². The highest BCUT2D eigenvalue weighted by Gasteiger charge is 2.24. The molecule has 5 nitrogen and oxygen atoms in total. The van der Waals surface area contributed by atoms with Crippen molar-refractivity contribution in [3.8, 4) is 5.75 Å². The first-order chi connectivity index (χ1) is 15.0. The van der Waals surface area contributed by atoms with Crippen LogP contribution in [0, 0.1) is 0 Å². The quantitative estimate of drug-likeness (QED) is 0.451. The van der Waals surface area contributed by atoms with Gasteiger partial charge in [0.15, 0.2) is 0 Å². The van der Waals surface area contributed by atoms with E-state index in [4.69, 9.17) is 9.72 Å². The minimum absolute atomic E-state index is 0.131. The molecular weight excluding hydrogens is 386 g/mol. The molecule has 0 aliphatic rings. The van der Waals surface area contributed by atoms with E-state index in [9.17, 15) is 4.79 Å². The molecule has 164 valence electrons. The predicted molar refractivity (Wildman–Crippen MR) is 128 cm³/mol. The summed E-state index contributed by atoms with van der Waals surface area (Å²) in [7, 11) is 1.66. The second-order valence-corrected chi connectivity index (χ2v) is 7.97. The van der Waals surface area contributed by atoms with E-state index in [0.29, 0.717) is 0 Å². The van der Waals surface area contributed by atoms with Crippen molar-refractivity contribution >= 4 is 29.1 Å². The number of rotatable bonds is 9. The molecule has 2 aromatic carbocycles. The summed E-state index contributed by atoms with van der Waals surface area (Å²) in [5, 5.41) is 0. The van der Waals surface area contributed by atoms with Crippen LogP contribution < -0.4 is 4.74 Å². The first kappa shape index (κ1) is 22.6. The number of fused-ring (bicyclic) bond motifs is 1. The highest BCUT2D eigenvalue weighted by Crippen LogP contribution is 2.21. The molecule has 0 saturated carbocycles. The Hall–Kier alpha value is -3.08. The lowest BCUT2D eigenvalue weighted by molar-refractivity contribution is -0.136. The van der Waals surface area contributed by atoms with Crippen LogP contribution >= 0.6 is 0 Å².